The van der Waals surface area contributed by atoms with Gasteiger partial charge in [-0.05, 0) is 56.0 Å². The number of benzene rings is 2. The van der Waals surface area contributed by atoms with Crippen molar-refractivity contribution in [2.75, 3.05) is 11.5 Å². The average molecular weight is 401 g/mol. The Labute approximate surface area is 175 Å². The number of esters is 1. The first-order valence-corrected chi connectivity index (χ1v) is 10.3. The van der Waals surface area contributed by atoms with Gasteiger partial charge in [0.25, 0.3) is 5.91 Å². The maximum atomic E-state index is 12.9. The van der Waals surface area contributed by atoms with Gasteiger partial charge in [0.1, 0.15) is 0 Å². The van der Waals surface area contributed by atoms with Crippen molar-refractivity contribution in [1.29, 1.82) is 0 Å². The highest BCUT2D eigenvalue weighted by atomic mass is 16.5. The maximum Gasteiger partial charge on any atom is 0.357 e. The van der Waals surface area contributed by atoms with Crippen LogP contribution < -0.4 is 4.90 Å². The van der Waals surface area contributed by atoms with Gasteiger partial charge in [-0.2, -0.15) is 5.10 Å². The fraction of sp³-hybridized carbons (Fsp3) is 0.292. The molecule has 0 N–H and O–H groups in total. The molecule has 2 heterocycles. The predicted octanol–water partition coefficient (Wildman–Crippen LogP) is 3.88. The van der Waals surface area contributed by atoms with E-state index in [-0.39, 0.29) is 18.6 Å². The molecule has 1 aliphatic carbocycles. The number of fused-ring (bicyclic) bond motifs is 1. The SMILES string of the molecule is C[C@H]1Cc2ccccc2N1C(=O)COC(=O)c1cc(C2CC2)nn1-c1ccccc1. The van der Waals surface area contributed by atoms with Gasteiger partial charge in [0, 0.05) is 17.6 Å². The Morgan fingerprint density at radius 1 is 1.07 bits per heavy atom. The molecule has 1 atom stereocenters. The molecule has 1 aliphatic heterocycles. The molecule has 2 aliphatic rings. The Bertz CT molecular complexity index is 1100. The highest BCUT2D eigenvalue weighted by Crippen LogP contribution is 2.40. The van der Waals surface area contributed by atoms with Gasteiger partial charge >= 0.3 is 5.97 Å². The lowest BCUT2D eigenvalue weighted by Gasteiger charge is -2.22. The van der Waals surface area contributed by atoms with Crippen molar-refractivity contribution in [3.05, 3.63) is 77.6 Å². The van der Waals surface area contributed by atoms with Crippen LogP contribution in [0, 0.1) is 0 Å². The molecule has 5 rings (SSSR count). The minimum Gasteiger partial charge on any atom is -0.451 e. The number of carbonyl (C=O) groups is 2. The van der Waals surface area contributed by atoms with Crippen LogP contribution in [0.15, 0.2) is 60.7 Å². The van der Waals surface area contributed by atoms with E-state index in [1.54, 1.807) is 15.6 Å². The topological polar surface area (TPSA) is 64.4 Å². The van der Waals surface area contributed by atoms with Crippen LogP contribution in [0.25, 0.3) is 5.69 Å². The molecule has 2 aromatic carbocycles. The molecular formula is C24H23N3O3. The summed E-state index contributed by atoms with van der Waals surface area (Å²) in [5.74, 6) is -0.342. The lowest BCUT2D eigenvalue weighted by Crippen LogP contribution is -2.38. The first-order valence-electron chi connectivity index (χ1n) is 10.3. The highest BCUT2D eigenvalue weighted by Gasteiger charge is 2.32. The number of ether oxygens (including phenoxy) is 1. The summed E-state index contributed by atoms with van der Waals surface area (Å²) in [5, 5.41) is 4.63. The number of hydrogen-bond acceptors (Lipinski definition) is 4. The molecule has 1 amide bonds. The standard InChI is InChI=1S/C24H23N3O3/c1-16-13-18-7-5-6-10-21(18)26(16)23(28)15-30-24(29)22-14-20(17-11-12-17)25-27(22)19-8-3-2-4-9-19/h2-10,14,16-17H,11-13,15H2,1H3/t16-/m0/s1. The molecule has 30 heavy (non-hydrogen) atoms. The largest absolute Gasteiger partial charge is 0.451 e. The van der Waals surface area contributed by atoms with Gasteiger partial charge in [-0.1, -0.05) is 36.4 Å². The quantitative estimate of drug-likeness (QED) is 0.609. The maximum absolute atomic E-state index is 12.9. The Kier molecular flexibility index (Phi) is 4.62. The van der Waals surface area contributed by atoms with E-state index < -0.39 is 5.97 Å². The smallest absolute Gasteiger partial charge is 0.357 e. The van der Waals surface area contributed by atoms with E-state index in [0.29, 0.717) is 11.6 Å². The molecule has 0 saturated heterocycles. The molecule has 6 nitrogen and oxygen atoms in total. The van der Waals surface area contributed by atoms with Crippen LogP contribution in [0.1, 0.15) is 47.4 Å². The van der Waals surface area contributed by atoms with E-state index in [1.807, 2.05) is 61.5 Å². The van der Waals surface area contributed by atoms with E-state index in [0.717, 1.165) is 41.9 Å². The summed E-state index contributed by atoms with van der Waals surface area (Å²) in [7, 11) is 0. The van der Waals surface area contributed by atoms with Gasteiger partial charge in [-0.3, -0.25) is 4.79 Å². The zero-order valence-corrected chi connectivity index (χ0v) is 16.8. The monoisotopic (exact) mass is 401 g/mol. The summed E-state index contributed by atoms with van der Waals surface area (Å²) >= 11 is 0. The van der Waals surface area contributed by atoms with Gasteiger partial charge in [-0.15, -0.1) is 0 Å². The molecule has 1 aromatic heterocycles. The first kappa shape index (κ1) is 18.6. The van der Waals surface area contributed by atoms with E-state index >= 15 is 0 Å². The lowest BCUT2D eigenvalue weighted by molar-refractivity contribution is -0.122. The van der Waals surface area contributed by atoms with Crippen LogP contribution in [-0.2, 0) is 16.0 Å². The molecule has 1 saturated carbocycles. The average Bonchev–Trinajstić information content (AvgIpc) is 3.42. The van der Waals surface area contributed by atoms with Crippen molar-refractivity contribution in [3.63, 3.8) is 0 Å². The normalized spacial score (nSPS) is 17.6. The summed E-state index contributed by atoms with van der Waals surface area (Å²) in [6.07, 6.45) is 2.98. The molecule has 0 spiro atoms. The Hall–Kier alpha value is -3.41. The van der Waals surface area contributed by atoms with Gasteiger partial charge in [0.05, 0.1) is 11.4 Å². The Balaban J connectivity index is 1.34. The number of nitrogens with zero attached hydrogens (tertiary/aromatic N) is 3. The van der Waals surface area contributed by atoms with Crippen molar-refractivity contribution in [3.8, 4) is 5.69 Å². The predicted molar refractivity (Wildman–Crippen MR) is 113 cm³/mol. The van der Waals surface area contributed by atoms with Crippen LogP contribution in [0.5, 0.6) is 0 Å². The molecule has 0 bridgehead atoms. The number of rotatable bonds is 5. The number of carbonyl (C=O) groups excluding carboxylic acids is 2. The Morgan fingerprint density at radius 3 is 2.57 bits per heavy atom. The summed E-state index contributed by atoms with van der Waals surface area (Å²) in [4.78, 5) is 27.5. The van der Waals surface area contributed by atoms with Crippen molar-refractivity contribution in [1.82, 2.24) is 9.78 Å². The fourth-order valence-electron chi connectivity index (χ4n) is 4.11. The molecule has 152 valence electrons. The van der Waals surface area contributed by atoms with Gasteiger partial charge in [0.15, 0.2) is 12.3 Å². The fourth-order valence-corrected chi connectivity index (χ4v) is 4.11. The van der Waals surface area contributed by atoms with E-state index in [4.69, 9.17) is 4.74 Å². The van der Waals surface area contributed by atoms with Crippen molar-refractivity contribution in [2.45, 2.75) is 38.1 Å². The van der Waals surface area contributed by atoms with Gasteiger partial charge in [0.2, 0.25) is 0 Å². The van der Waals surface area contributed by atoms with Crippen LogP contribution in [0.4, 0.5) is 5.69 Å². The number of hydrogen-bond donors (Lipinski definition) is 0. The minimum atomic E-state index is -0.535. The summed E-state index contributed by atoms with van der Waals surface area (Å²) in [5.41, 5.74) is 4.09. The van der Waals surface area contributed by atoms with Crippen LogP contribution in [-0.4, -0.2) is 34.3 Å². The molecule has 3 aromatic rings. The minimum absolute atomic E-state index is 0.0462. The van der Waals surface area contributed by atoms with E-state index in [1.165, 1.54) is 0 Å². The number of para-hydroxylation sites is 2. The second kappa shape index (κ2) is 7.44. The van der Waals surface area contributed by atoms with Crippen LogP contribution >= 0.6 is 0 Å². The second-order valence-electron chi connectivity index (χ2n) is 8.00. The van der Waals surface area contributed by atoms with Gasteiger partial charge in [-0.25, -0.2) is 9.48 Å². The van der Waals surface area contributed by atoms with Gasteiger partial charge < -0.3 is 9.64 Å². The Morgan fingerprint density at radius 2 is 1.80 bits per heavy atom. The first-order chi connectivity index (χ1) is 14.6. The molecule has 0 radical (unpaired) electrons. The molecule has 1 fully saturated rings. The van der Waals surface area contributed by atoms with Crippen molar-refractivity contribution < 1.29 is 14.3 Å². The number of amides is 1. The summed E-state index contributed by atoms with van der Waals surface area (Å²) in [6, 6.07) is 19.2. The lowest BCUT2D eigenvalue weighted by atomic mass is 10.1. The zero-order chi connectivity index (χ0) is 20.7. The summed E-state index contributed by atoms with van der Waals surface area (Å²) < 4.78 is 7.07. The third kappa shape index (κ3) is 3.38. The second-order valence-corrected chi connectivity index (χ2v) is 8.00. The zero-order valence-electron chi connectivity index (χ0n) is 16.8. The molecule has 0 unspecified atom stereocenters. The van der Waals surface area contributed by atoms with E-state index in [2.05, 4.69) is 5.10 Å². The third-order valence-corrected chi connectivity index (χ3v) is 5.74. The number of anilines is 1. The van der Waals surface area contributed by atoms with Crippen LogP contribution in [0.2, 0.25) is 0 Å². The van der Waals surface area contributed by atoms with E-state index in [9.17, 15) is 9.59 Å². The van der Waals surface area contributed by atoms with Crippen LogP contribution in [0.3, 0.4) is 0 Å². The van der Waals surface area contributed by atoms with Crippen molar-refractivity contribution in [2.24, 2.45) is 0 Å². The summed E-state index contributed by atoms with van der Waals surface area (Å²) in [6.45, 7) is 1.71. The molecular weight excluding hydrogens is 378 g/mol. The third-order valence-electron chi connectivity index (χ3n) is 5.74. The number of aromatic nitrogens is 2. The highest BCUT2D eigenvalue weighted by molar-refractivity contribution is 5.99. The van der Waals surface area contributed by atoms with Crippen molar-refractivity contribution >= 4 is 17.6 Å². The molecule has 6 heteroatoms.